The summed E-state index contributed by atoms with van der Waals surface area (Å²) in [4.78, 5) is 4.39. The lowest BCUT2D eigenvalue weighted by Crippen LogP contribution is -2.14. The highest BCUT2D eigenvalue weighted by Crippen LogP contribution is 2.22. The summed E-state index contributed by atoms with van der Waals surface area (Å²) >= 11 is 0. The minimum Gasteiger partial charge on any atom is -0.497 e. The average molecular weight is 232 g/mol. The van der Waals surface area contributed by atoms with Gasteiger partial charge in [0.15, 0.2) is 0 Å². The van der Waals surface area contributed by atoms with Gasteiger partial charge in [0.2, 0.25) is 0 Å². The number of benzene rings is 1. The standard InChI is InChI=1S/C13H16N2O2/c1-16-10-4-5-12-13(7-10)15(9-14-12)8-11-3-2-6-17-11/h4-5,7,9,11H,2-3,6,8H2,1H3. The summed E-state index contributed by atoms with van der Waals surface area (Å²) < 4.78 is 13.0. The lowest BCUT2D eigenvalue weighted by molar-refractivity contribution is 0.0979. The Labute approximate surface area is 100 Å². The van der Waals surface area contributed by atoms with Crippen LogP contribution in [0.4, 0.5) is 0 Å². The highest BCUT2D eigenvalue weighted by atomic mass is 16.5. The summed E-state index contributed by atoms with van der Waals surface area (Å²) in [5.74, 6) is 0.867. The minimum atomic E-state index is 0.332. The Hall–Kier alpha value is -1.55. The lowest BCUT2D eigenvalue weighted by Gasteiger charge is -2.11. The normalized spacial score (nSPS) is 19.9. The van der Waals surface area contributed by atoms with Crippen molar-refractivity contribution in [1.82, 2.24) is 9.55 Å². The van der Waals surface area contributed by atoms with Crippen LogP contribution in [-0.4, -0.2) is 29.4 Å². The summed E-state index contributed by atoms with van der Waals surface area (Å²) in [6.07, 6.45) is 4.52. The van der Waals surface area contributed by atoms with Gasteiger partial charge in [0.25, 0.3) is 0 Å². The van der Waals surface area contributed by atoms with Crippen LogP contribution in [0.5, 0.6) is 5.75 Å². The second-order valence-corrected chi connectivity index (χ2v) is 4.39. The predicted octanol–water partition coefficient (Wildman–Crippen LogP) is 2.22. The molecule has 0 bridgehead atoms. The van der Waals surface area contributed by atoms with E-state index in [-0.39, 0.29) is 0 Å². The maximum atomic E-state index is 5.65. The average Bonchev–Trinajstić information content (AvgIpc) is 2.99. The van der Waals surface area contributed by atoms with E-state index in [1.165, 1.54) is 6.42 Å². The van der Waals surface area contributed by atoms with E-state index in [9.17, 15) is 0 Å². The zero-order valence-corrected chi connectivity index (χ0v) is 9.93. The van der Waals surface area contributed by atoms with Crippen LogP contribution in [0.1, 0.15) is 12.8 Å². The fourth-order valence-corrected chi connectivity index (χ4v) is 2.32. The zero-order valence-electron chi connectivity index (χ0n) is 9.93. The third-order valence-corrected chi connectivity index (χ3v) is 3.25. The highest BCUT2D eigenvalue weighted by molar-refractivity contribution is 5.77. The monoisotopic (exact) mass is 232 g/mol. The van der Waals surface area contributed by atoms with Gasteiger partial charge in [-0.15, -0.1) is 0 Å². The Bertz CT molecular complexity index is 515. The van der Waals surface area contributed by atoms with E-state index in [1.807, 2.05) is 24.5 Å². The quantitative estimate of drug-likeness (QED) is 0.814. The van der Waals surface area contributed by atoms with Gasteiger partial charge >= 0.3 is 0 Å². The molecule has 2 heterocycles. The molecule has 3 rings (SSSR count). The highest BCUT2D eigenvalue weighted by Gasteiger charge is 2.17. The molecule has 1 fully saturated rings. The summed E-state index contributed by atoms with van der Waals surface area (Å²) in [5, 5.41) is 0. The van der Waals surface area contributed by atoms with Crippen molar-refractivity contribution < 1.29 is 9.47 Å². The molecule has 1 aliphatic rings. The molecule has 1 aliphatic heterocycles. The van der Waals surface area contributed by atoms with Crippen molar-refractivity contribution in [2.45, 2.75) is 25.5 Å². The van der Waals surface area contributed by atoms with Crippen LogP contribution in [0.15, 0.2) is 24.5 Å². The SMILES string of the molecule is COc1ccc2ncn(CC3CCCO3)c2c1. The van der Waals surface area contributed by atoms with Crippen molar-refractivity contribution in [1.29, 1.82) is 0 Å². The topological polar surface area (TPSA) is 36.3 Å². The minimum absolute atomic E-state index is 0.332. The molecular weight excluding hydrogens is 216 g/mol. The number of aromatic nitrogens is 2. The van der Waals surface area contributed by atoms with E-state index in [1.54, 1.807) is 7.11 Å². The molecule has 1 atom stereocenters. The van der Waals surface area contributed by atoms with Gasteiger partial charge in [-0.1, -0.05) is 0 Å². The molecule has 2 aromatic rings. The number of hydrogen-bond donors (Lipinski definition) is 0. The number of imidazole rings is 1. The van der Waals surface area contributed by atoms with Crippen molar-refractivity contribution in [2.75, 3.05) is 13.7 Å². The maximum Gasteiger partial charge on any atom is 0.121 e. The summed E-state index contributed by atoms with van der Waals surface area (Å²) in [7, 11) is 1.68. The Kier molecular flexibility index (Phi) is 2.73. The third kappa shape index (κ3) is 2.00. The molecule has 0 spiro atoms. The Morgan fingerprint density at radius 3 is 3.24 bits per heavy atom. The van der Waals surface area contributed by atoms with Gasteiger partial charge in [-0.2, -0.15) is 0 Å². The van der Waals surface area contributed by atoms with E-state index in [0.29, 0.717) is 6.10 Å². The second-order valence-electron chi connectivity index (χ2n) is 4.39. The van der Waals surface area contributed by atoms with Crippen LogP contribution in [0.2, 0.25) is 0 Å². The summed E-state index contributed by atoms with van der Waals surface area (Å²) in [6, 6.07) is 5.95. The molecule has 0 amide bonds. The third-order valence-electron chi connectivity index (χ3n) is 3.25. The van der Waals surface area contributed by atoms with Gasteiger partial charge in [0.1, 0.15) is 5.75 Å². The smallest absolute Gasteiger partial charge is 0.121 e. The van der Waals surface area contributed by atoms with Crippen LogP contribution < -0.4 is 4.74 Å². The molecule has 1 unspecified atom stereocenters. The van der Waals surface area contributed by atoms with Crippen LogP contribution in [0.25, 0.3) is 11.0 Å². The summed E-state index contributed by atoms with van der Waals surface area (Å²) in [6.45, 7) is 1.77. The number of rotatable bonds is 3. The largest absolute Gasteiger partial charge is 0.497 e. The van der Waals surface area contributed by atoms with Crippen molar-refractivity contribution in [2.24, 2.45) is 0 Å². The number of hydrogen-bond acceptors (Lipinski definition) is 3. The van der Waals surface area contributed by atoms with Gasteiger partial charge in [0.05, 0.1) is 37.1 Å². The van der Waals surface area contributed by atoms with E-state index in [4.69, 9.17) is 9.47 Å². The molecule has 4 nitrogen and oxygen atoms in total. The van der Waals surface area contributed by atoms with E-state index < -0.39 is 0 Å². The first kappa shape index (κ1) is 10.6. The lowest BCUT2D eigenvalue weighted by atomic mass is 10.2. The number of ether oxygens (including phenoxy) is 2. The fraction of sp³-hybridized carbons (Fsp3) is 0.462. The molecule has 0 radical (unpaired) electrons. The van der Waals surface area contributed by atoms with Gasteiger partial charge in [-0.05, 0) is 25.0 Å². The molecule has 1 aromatic heterocycles. The van der Waals surface area contributed by atoms with Crippen molar-refractivity contribution in [3.63, 3.8) is 0 Å². The molecule has 0 aliphatic carbocycles. The molecule has 17 heavy (non-hydrogen) atoms. The maximum absolute atomic E-state index is 5.65. The fourth-order valence-electron chi connectivity index (χ4n) is 2.32. The molecule has 1 saturated heterocycles. The van der Waals surface area contributed by atoms with Crippen molar-refractivity contribution in [3.8, 4) is 5.75 Å². The predicted molar refractivity (Wildman–Crippen MR) is 65.3 cm³/mol. The zero-order chi connectivity index (χ0) is 11.7. The summed E-state index contributed by atoms with van der Waals surface area (Å²) in [5.41, 5.74) is 2.11. The molecule has 90 valence electrons. The number of fused-ring (bicyclic) bond motifs is 1. The molecule has 4 heteroatoms. The van der Waals surface area contributed by atoms with Gasteiger partial charge in [-0.25, -0.2) is 4.98 Å². The van der Waals surface area contributed by atoms with Crippen LogP contribution in [-0.2, 0) is 11.3 Å². The second kappa shape index (κ2) is 4.37. The first-order valence-corrected chi connectivity index (χ1v) is 5.97. The Morgan fingerprint density at radius 2 is 2.47 bits per heavy atom. The van der Waals surface area contributed by atoms with Crippen LogP contribution >= 0.6 is 0 Å². The van der Waals surface area contributed by atoms with E-state index >= 15 is 0 Å². The van der Waals surface area contributed by atoms with E-state index in [2.05, 4.69) is 9.55 Å². The van der Waals surface area contributed by atoms with Crippen LogP contribution in [0, 0.1) is 0 Å². The van der Waals surface area contributed by atoms with Crippen LogP contribution in [0.3, 0.4) is 0 Å². The van der Waals surface area contributed by atoms with Crippen molar-refractivity contribution in [3.05, 3.63) is 24.5 Å². The first-order chi connectivity index (χ1) is 8.36. The Morgan fingerprint density at radius 1 is 1.53 bits per heavy atom. The van der Waals surface area contributed by atoms with Crippen molar-refractivity contribution >= 4 is 11.0 Å². The molecular formula is C13H16N2O2. The molecule has 0 N–H and O–H groups in total. The number of nitrogens with zero attached hydrogens (tertiary/aromatic N) is 2. The van der Waals surface area contributed by atoms with Gasteiger partial charge in [-0.3, -0.25) is 0 Å². The van der Waals surface area contributed by atoms with E-state index in [0.717, 1.165) is 36.4 Å². The Balaban J connectivity index is 1.92. The number of methoxy groups -OCH3 is 1. The van der Waals surface area contributed by atoms with Gasteiger partial charge < -0.3 is 14.0 Å². The first-order valence-electron chi connectivity index (χ1n) is 5.97. The van der Waals surface area contributed by atoms with Gasteiger partial charge in [0, 0.05) is 12.7 Å². The molecule has 1 aromatic carbocycles. The molecule has 0 saturated carbocycles.